The standard InChI is InChI=1S/C14H11F3O2/c15-14(16,17)18-10-11-6-8-13(9-7-11)19-12-4-2-1-3-5-12/h1-9H,10H2. The number of rotatable bonds is 4. The van der Waals surface area contributed by atoms with E-state index in [0.717, 1.165) is 0 Å². The van der Waals surface area contributed by atoms with Crippen molar-refractivity contribution in [3.05, 3.63) is 60.2 Å². The van der Waals surface area contributed by atoms with Crippen LogP contribution in [0.15, 0.2) is 54.6 Å². The third-order valence-electron chi connectivity index (χ3n) is 2.30. The van der Waals surface area contributed by atoms with Crippen LogP contribution in [0, 0.1) is 0 Å². The monoisotopic (exact) mass is 268 g/mol. The van der Waals surface area contributed by atoms with Gasteiger partial charge >= 0.3 is 6.36 Å². The quantitative estimate of drug-likeness (QED) is 0.811. The van der Waals surface area contributed by atoms with Gasteiger partial charge in [-0.1, -0.05) is 30.3 Å². The highest BCUT2D eigenvalue weighted by Crippen LogP contribution is 2.23. The van der Waals surface area contributed by atoms with Crippen LogP contribution in [0.1, 0.15) is 5.56 Å². The smallest absolute Gasteiger partial charge is 0.457 e. The Hall–Kier alpha value is -2.01. The average molecular weight is 268 g/mol. The summed E-state index contributed by atoms with van der Waals surface area (Å²) >= 11 is 0. The summed E-state index contributed by atoms with van der Waals surface area (Å²) in [5.41, 5.74) is 0.428. The summed E-state index contributed by atoms with van der Waals surface area (Å²) in [5.74, 6) is 1.23. The van der Waals surface area contributed by atoms with Crippen molar-refractivity contribution in [3.63, 3.8) is 0 Å². The van der Waals surface area contributed by atoms with Crippen molar-refractivity contribution >= 4 is 0 Å². The molecular weight excluding hydrogens is 257 g/mol. The molecule has 2 rings (SSSR count). The molecule has 0 aromatic heterocycles. The molecule has 2 aromatic rings. The number of ether oxygens (including phenoxy) is 2. The van der Waals surface area contributed by atoms with E-state index in [4.69, 9.17) is 4.74 Å². The molecule has 0 spiro atoms. The predicted octanol–water partition coefficient (Wildman–Crippen LogP) is 4.52. The minimum atomic E-state index is -4.61. The fraction of sp³-hybridized carbons (Fsp3) is 0.143. The van der Waals surface area contributed by atoms with Gasteiger partial charge in [0.15, 0.2) is 0 Å². The first-order valence-electron chi connectivity index (χ1n) is 5.55. The van der Waals surface area contributed by atoms with Gasteiger partial charge in [0.1, 0.15) is 11.5 Å². The van der Waals surface area contributed by atoms with E-state index in [-0.39, 0.29) is 0 Å². The topological polar surface area (TPSA) is 18.5 Å². The molecule has 0 aliphatic rings. The second-order valence-corrected chi connectivity index (χ2v) is 3.79. The largest absolute Gasteiger partial charge is 0.522 e. The molecule has 0 amide bonds. The van der Waals surface area contributed by atoms with Gasteiger partial charge in [-0.05, 0) is 29.8 Å². The van der Waals surface area contributed by atoms with Gasteiger partial charge in [-0.15, -0.1) is 13.2 Å². The van der Waals surface area contributed by atoms with E-state index in [2.05, 4.69) is 4.74 Å². The number of benzene rings is 2. The Balaban J connectivity index is 1.95. The van der Waals surface area contributed by atoms with Crippen molar-refractivity contribution in [2.24, 2.45) is 0 Å². The molecule has 0 atom stereocenters. The lowest BCUT2D eigenvalue weighted by Gasteiger charge is -2.08. The second-order valence-electron chi connectivity index (χ2n) is 3.79. The summed E-state index contributed by atoms with van der Waals surface area (Å²) in [4.78, 5) is 0. The molecule has 0 N–H and O–H groups in total. The van der Waals surface area contributed by atoms with Crippen LogP contribution in [0.5, 0.6) is 11.5 Å². The summed E-state index contributed by atoms with van der Waals surface area (Å²) in [6, 6.07) is 15.4. The Morgan fingerprint density at radius 3 is 1.95 bits per heavy atom. The van der Waals surface area contributed by atoms with Crippen molar-refractivity contribution in [3.8, 4) is 11.5 Å². The molecule has 0 fully saturated rings. The molecular formula is C14H11F3O2. The molecule has 0 heterocycles. The zero-order chi connectivity index (χ0) is 13.7. The summed E-state index contributed by atoms with van der Waals surface area (Å²) in [6.07, 6.45) is -4.61. The molecule has 0 radical (unpaired) electrons. The Bertz CT molecular complexity index is 506. The van der Waals surface area contributed by atoms with Crippen molar-refractivity contribution < 1.29 is 22.6 Å². The van der Waals surface area contributed by atoms with Crippen LogP contribution in [0.3, 0.4) is 0 Å². The highest BCUT2D eigenvalue weighted by atomic mass is 19.4. The summed E-state index contributed by atoms with van der Waals surface area (Å²) in [5, 5.41) is 0. The lowest BCUT2D eigenvalue weighted by atomic mass is 10.2. The Labute approximate surface area is 108 Å². The highest BCUT2D eigenvalue weighted by Gasteiger charge is 2.28. The Morgan fingerprint density at radius 2 is 1.37 bits per heavy atom. The van der Waals surface area contributed by atoms with Gasteiger partial charge in [0.2, 0.25) is 0 Å². The fourth-order valence-electron chi connectivity index (χ4n) is 1.44. The van der Waals surface area contributed by atoms with Crippen molar-refractivity contribution in [2.45, 2.75) is 13.0 Å². The van der Waals surface area contributed by atoms with Crippen LogP contribution in [-0.2, 0) is 11.3 Å². The summed E-state index contributed by atoms with van der Waals surface area (Å²) < 4.78 is 44.8. The normalized spacial score (nSPS) is 11.3. The van der Waals surface area contributed by atoms with Crippen molar-refractivity contribution in [1.29, 1.82) is 0 Å². The molecule has 0 bridgehead atoms. The molecule has 2 nitrogen and oxygen atoms in total. The van der Waals surface area contributed by atoms with Crippen LogP contribution >= 0.6 is 0 Å². The maximum Gasteiger partial charge on any atom is 0.522 e. The van der Waals surface area contributed by atoms with Gasteiger partial charge in [0.05, 0.1) is 6.61 Å². The number of hydrogen-bond donors (Lipinski definition) is 0. The fourth-order valence-corrected chi connectivity index (χ4v) is 1.44. The first-order chi connectivity index (χ1) is 9.03. The second kappa shape index (κ2) is 5.75. The molecule has 5 heteroatoms. The maximum atomic E-state index is 11.9. The molecule has 2 aromatic carbocycles. The van der Waals surface area contributed by atoms with Crippen LogP contribution in [-0.4, -0.2) is 6.36 Å². The number of para-hydroxylation sites is 1. The minimum Gasteiger partial charge on any atom is -0.457 e. The van der Waals surface area contributed by atoms with Gasteiger partial charge in [-0.25, -0.2) is 0 Å². The number of hydrogen-bond acceptors (Lipinski definition) is 2. The lowest BCUT2D eigenvalue weighted by molar-refractivity contribution is -0.330. The van der Waals surface area contributed by atoms with E-state index < -0.39 is 13.0 Å². The zero-order valence-corrected chi connectivity index (χ0v) is 9.85. The van der Waals surface area contributed by atoms with E-state index in [9.17, 15) is 13.2 Å². The molecule has 19 heavy (non-hydrogen) atoms. The van der Waals surface area contributed by atoms with E-state index in [1.165, 1.54) is 12.1 Å². The van der Waals surface area contributed by atoms with E-state index >= 15 is 0 Å². The average Bonchev–Trinajstić information content (AvgIpc) is 2.38. The Kier molecular flexibility index (Phi) is 4.06. The van der Waals surface area contributed by atoms with Gasteiger partial charge in [-0.2, -0.15) is 0 Å². The first kappa shape index (κ1) is 13.4. The predicted molar refractivity (Wildman–Crippen MR) is 63.8 cm³/mol. The lowest BCUT2D eigenvalue weighted by Crippen LogP contribution is -2.12. The molecule has 0 saturated heterocycles. The minimum absolute atomic E-state index is 0.428. The molecule has 0 saturated carbocycles. The molecule has 0 unspecified atom stereocenters. The van der Waals surface area contributed by atoms with Crippen molar-refractivity contribution in [2.75, 3.05) is 0 Å². The zero-order valence-electron chi connectivity index (χ0n) is 9.85. The number of halogens is 3. The highest BCUT2D eigenvalue weighted by molar-refractivity contribution is 5.32. The van der Waals surface area contributed by atoms with Gasteiger partial charge < -0.3 is 4.74 Å². The molecule has 100 valence electrons. The van der Waals surface area contributed by atoms with E-state index in [0.29, 0.717) is 17.1 Å². The van der Waals surface area contributed by atoms with Gasteiger partial charge in [0.25, 0.3) is 0 Å². The molecule has 0 aliphatic heterocycles. The third-order valence-corrected chi connectivity index (χ3v) is 2.30. The van der Waals surface area contributed by atoms with Gasteiger partial charge in [-0.3, -0.25) is 4.74 Å². The van der Waals surface area contributed by atoms with Crippen LogP contribution in [0.4, 0.5) is 13.2 Å². The summed E-state index contributed by atoms with van der Waals surface area (Å²) in [6.45, 7) is -0.505. The SMILES string of the molecule is FC(F)(F)OCc1ccc(Oc2ccccc2)cc1. The van der Waals surface area contributed by atoms with E-state index in [1.54, 1.807) is 24.3 Å². The maximum absolute atomic E-state index is 11.9. The third kappa shape index (κ3) is 4.63. The summed E-state index contributed by atoms with van der Waals surface area (Å²) in [7, 11) is 0. The van der Waals surface area contributed by atoms with E-state index in [1.807, 2.05) is 18.2 Å². The van der Waals surface area contributed by atoms with Crippen LogP contribution in [0.25, 0.3) is 0 Å². The molecule has 0 aliphatic carbocycles. The Morgan fingerprint density at radius 1 is 0.789 bits per heavy atom. The number of alkyl halides is 3. The first-order valence-corrected chi connectivity index (χ1v) is 5.55. The van der Waals surface area contributed by atoms with Crippen LogP contribution < -0.4 is 4.74 Å². The van der Waals surface area contributed by atoms with Crippen LogP contribution in [0.2, 0.25) is 0 Å². The van der Waals surface area contributed by atoms with Crippen molar-refractivity contribution in [1.82, 2.24) is 0 Å². The van der Waals surface area contributed by atoms with Gasteiger partial charge in [0, 0.05) is 0 Å².